The Bertz CT molecular complexity index is 589. The highest BCUT2D eigenvalue weighted by Gasteiger charge is 2.10. The summed E-state index contributed by atoms with van der Waals surface area (Å²) in [6.45, 7) is 0. The van der Waals surface area contributed by atoms with Gasteiger partial charge in [-0.25, -0.2) is 4.79 Å². The summed E-state index contributed by atoms with van der Waals surface area (Å²) in [4.78, 5) is 21.7. The van der Waals surface area contributed by atoms with Crippen LogP contribution in [0.25, 0.3) is 5.69 Å². The van der Waals surface area contributed by atoms with Gasteiger partial charge in [-0.15, -0.1) is 0 Å². The van der Waals surface area contributed by atoms with Crippen LogP contribution in [-0.2, 0) is 0 Å². The molecule has 86 valence electrons. The molecule has 0 unspecified atom stereocenters. The molecule has 0 amide bonds. The lowest BCUT2D eigenvalue weighted by Crippen LogP contribution is -2.02. The Hall–Kier alpha value is -2.07. The van der Waals surface area contributed by atoms with Crippen molar-refractivity contribution in [1.29, 1.82) is 0 Å². The van der Waals surface area contributed by atoms with E-state index in [9.17, 15) is 9.59 Å². The van der Waals surface area contributed by atoms with Crippen LogP contribution in [0.3, 0.4) is 0 Å². The number of aldehydes is 1. The normalized spacial score (nSPS) is 10.2. The van der Waals surface area contributed by atoms with Crippen molar-refractivity contribution in [1.82, 2.24) is 4.57 Å². The Balaban J connectivity index is 2.62. The highest BCUT2D eigenvalue weighted by molar-refractivity contribution is 6.32. The first-order valence-corrected chi connectivity index (χ1v) is 5.17. The molecule has 4 nitrogen and oxygen atoms in total. The van der Waals surface area contributed by atoms with Gasteiger partial charge in [-0.1, -0.05) is 11.6 Å². The number of rotatable bonds is 3. The summed E-state index contributed by atoms with van der Waals surface area (Å²) in [5.41, 5.74) is 1.00. The number of carboxylic acid groups (broad SMARTS) is 1. The first-order valence-electron chi connectivity index (χ1n) is 4.79. The molecule has 0 fully saturated rings. The summed E-state index contributed by atoms with van der Waals surface area (Å²) in [5, 5.41) is 9.29. The average Bonchev–Trinajstić information content (AvgIpc) is 2.77. The van der Waals surface area contributed by atoms with E-state index in [4.69, 9.17) is 16.7 Å². The highest BCUT2D eigenvalue weighted by atomic mass is 35.5. The number of halogens is 1. The molecule has 0 bridgehead atoms. The van der Waals surface area contributed by atoms with Crippen LogP contribution in [0, 0.1) is 0 Å². The lowest BCUT2D eigenvalue weighted by atomic mass is 10.2. The zero-order valence-corrected chi connectivity index (χ0v) is 9.39. The van der Waals surface area contributed by atoms with Gasteiger partial charge in [0.25, 0.3) is 0 Å². The van der Waals surface area contributed by atoms with Gasteiger partial charge in [0.15, 0.2) is 6.29 Å². The van der Waals surface area contributed by atoms with E-state index in [1.54, 1.807) is 22.9 Å². The summed E-state index contributed by atoms with van der Waals surface area (Å²) >= 11 is 5.99. The molecule has 0 atom stereocenters. The van der Waals surface area contributed by atoms with Crippen molar-refractivity contribution in [3.8, 4) is 5.69 Å². The Kier molecular flexibility index (Phi) is 2.97. The number of hydrogen-bond donors (Lipinski definition) is 1. The van der Waals surface area contributed by atoms with Gasteiger partial charge in [0.2, 0.25) is 0 Å². The van der Waals surface area contributed by atoms with E-state index in [-0.39, 0.29) is 5.56 Å². The molecule has 0 aliphatic heterocycles. The van der Waals surface area contributed by atoms with E-state index in [1.165, 1.54) is 18.2 Å². The Morgan fingerprint density at radius 1 is 1.35 bits per heavy atom. The molecule has 0 saturated heterocycles. The monoisotopic (exact) mass is 249 g/mol. The number of carbonyl (C=O) groups is 2. The number of carboxylic acids is 1. The minimum atomic E-state index is -1.04. The van der Waals surface area contributed by atoms with E-state index in [2.05, 4.69) is 0 Å². The van der Waals surface area contributed by atoms with Crippen molar-refractivity contribution in [3.63, 3.8) is 0 Å². The SMILES string of the molecule is O=Cc1cccn1-c1cc(C(=O)O)ccc1Cl. The van der Waals surface area contributed by atoms with Gasteiger partial charge in [-0.3, -0.25) is 4.79 Å². The maximum atomic E-state index is 10.9. The highest BCUT2D eigenvalue weighted by Crippen LogP contribution is 2.23. The zero-order chi connectivity index (χ0) is 12.4. The third-order valence-corrected chi connectivity index (χ3v) is 2.67. The minimum Gasteiger partial charge on any atom is -0.478 e. The summed E-state index contributed by atoms with van der Waals surface area (Å²) in [5.74, 6) is -1.04. The number of aromatic nitrogens is 1. The smallest absolute Gasteiger partial charge is 0.335 e. The topological polar surface area (TPSA) is 59.3 Å². The summed E-state index contributed by atoms with van der Waals surface area (Å²) in [6.07, 6.45) is 2.33. The minimum absolute atomic E-state index is 0.120. The van der Waals surface area contributed by atoms with Crippen molar-refractivity contribution in [3.05, 3.63) is 52.8 Å². The maximum Gasteiger partial charge on any atom is 0.335 e. The van der Waals surface area contributed by atoms with Crippen molar-refractivity contribution < 1.29 is 14.7 Å². The first kappa shape index (κ1) is 11.4. The van der Waals surface area contributed by atoms with E-state index in [0.29, 0.717) is 22.7 Å². The molecule has 0 radical (unpaired) electrons. The molecule has 1 aromatic carbocycles. The zero-order valence-electron chi connectivity index (χ0n) is 8.63. The number of nitrogens with zero attached hydrogens (tertiary/aromatic N) is 1. The molecule has 5 heteroatoms. The molecular weight excluding hydrogens is 242 g/mol. The van der Waals surface area contributed by atoms with Crippen molar-refractivity contribution in [2.24, 2.45) is 0 Å². The lowest BCUT2D eigenvalue weighted by Gasteiger charge is -2.08. The van der Waals surface area contributed by atoms with Gasteiger partial charge in [-0.2, -0.15) is 0 Å². The summed E-state index contributed by atoms with van der Waals surface area (Å²) in [7, 11) is 0. The molecule has 1 aromatic heterocycles. The third-order valence-electron chi connectivity index (χ3n) is 2.35. The standard InChI is InChI=1S/C12H8ClNO3/c13-10-4-3-8(12(16)17)6-11(10)14-5-1-2-9(14)7-15/h1-7H,(H,16,17). The Morgan fingerprint density at radius 2 is 2.12 bits per heavy atom. The number of aromatic carboxylic acids is 1. The van der Waals surface area contributed by atoms with Crippen LogP contribution in [0.1, 0.15) is 20.8 Å². The van der Waals surface area contributed by atoms with E-state index in [1.807, 2.05) is 0 Å². The second-order valence-corrected chi connectivity index (χ2v) is 3.80. The van der Waals surface area contributed by atoms with Gasteiger partial charge < -0.3 is 9.67 Å². The second kappa shape index (κ2) is 4.43. The van der Waals surface area contributed by atoms with Gasteiger partial charge in [-0.05, 0) is 30.3 Å². The average molecular weight is 250 g/mol. The van der Waals surface area contributed by atoms with Crippen molar-refractivity contribution in [2.45, 2.75) is 0 Å². The van der Waals surface area contributed by atoms with Crippen LogP contribution < -0.4 is 0 Å². The maximum absolute atomic E-state index is 10.9. The third kappa shape index (κ3) is 2.07. The van der Waals surface area contributed by atoms with Gasteiger partial charge in [0.1, 0.15) is 0 Å². The number of carbonyl (C=O) groups excluding carboxylic acids is 1. The van der Waals surface area contributed by atoms with Crippen LogP contribution in [-0.4, -0.2) is 21.9 Å². The van der Waals surface area contributed by atoms with Gasteiger partial charge in [0, 0.05) is 6.20 Å². The summed E-state index contributed by atoms with van der Waals surface area (Å²) < 4.78 is 1.54. The largest absolute Gasteiger partial charge is 0.478 e. The van der Waals surface area contributed by atoms with E-state index < -0.39 is 5.97 Å². The van der Waals surface area contributed by atoms with E-state index in [0.717, 1.165) is 0 Å². The molecule has 2 rings (SSSR count). The fourth-order valence-corrected chi connectivity index (χ4v) is 1.75. The van der Waals surface area contributed by atoms with Gasteiger partial charge in [0.05, 0.1) is 22.0 Å². The fraction of sp³-hybridized carbons (Fsp3) is 0. The van der Waals surface area contributed by atoms with E-state index >= 15 is 0 Å². The second-order valence-electron chi connectivity index (χ2n) is 3.39. The molecular formula is C12H8ClNO3. The van der Waals surface area contributed by atoms with Crippen molar-refractivity contribution in [2.75, 3.05) is 0 Å². The molecule has 2 aromatic rings. The fourth-order valence-electron chi connectivity index (χ4n) is 1.54. The summed E-state index contributed by atoms with van der Waals surface area (Å²) in [6, 6.07) is 7.65. The first-order chi connectivity index (χ1) is 8.13. The molecule has 1 N–H and O–H groups in total. The Morgan fingerprint density at radius 3 is 2.76 bits per heavy atom. The Labute approximate surface area is 102 Å². The number of benzene rings is 1. The molecule has 1 heterocycles. The molecule has 0 aliphatic carbocycles. The number of hydrogen-bond acceptors (Lipinski definition) is 2. The van der Waals surface area contributed by atoms with Crippen molar-refractivity contribution >= 4 is 23.9 Å². The van der Waals surface area contributed by atoms with Crippen LogP contribution in [0.4, 0.5) is 0 Å². The molecule has 0 spiro atoms. The molecule has 17 heavy (non-hydrogen) atoms. The lowest BCUT2D eigenvalue weighted by molar-refractivity contribution is 0.0696. The molecule has 0 saturated carbocycles. The predicted molar refractivity (Wildman–Crippen MR) is 63.1 cm³/mol. The predicted octanol–water partition coefficient (Wildman–Crippen LogP) is 2.64. The van der Waals surface area contributed by atoms with Crippen LogP contribution in [0.15, 0.2) is 36.5 Å². The van der Waals surface area contributed by atoms with Crippen LogP contribution >= 0.6 is 11.6 Å². The quantitative estimate of drug-likeness (QED) is 0.851. The molecule has 0 aliphatic rings. The van der Waals surface area contributed by atoms with Crippen LogP contribution in [0.5, 0.6) is 0 Å². The van der Waals surface area contributed by atoms with Crippen LogP contribution in [0.2, 0.25) is 5.02 Å². The van der Waals surface area contributed by atoms with Gasteiger partial charge >= 0.3 is 5.97 Å².